The summed E-state index contributed by atoms with van der Waals surface area (Å²) >= 11 is 0. The minimum Gasteiger partial charge on any atom is -0.368 e. The Hall–Kier alpha value is -4.47. The molecule has 0 aliphatic heterocycles. The van der Waals surface area contributed by atoms with Crippen LogP contribution >= 0.6 is 24.8 Å². The van der Waals surface area contributed by atoms with E-state index < -0.39 is 0 Å². The van der Waals surface area contributed by atoms with Crippen LogP contribution in [0.1, 0.15) is 16.1 Å². The molecule has 9 nitrogen and oxygen atoms in total. The minimum absolute atomic E-state index is 0. The van der Waals surface area contributed by atoms with E-state index in [0.29, 0.717) is 22.9 Å². The summed E-state index contributed by atoms with van der Waals surface area (Å²) in [5.41, 5.74) is 10.4. The van der Waals surface area contributed by atoms with Crippen LogP contribution in [0.3, 0.4) is 0 Å². The fourth-order valence-electron chi connectivity index (χ4n) is 3.60. The van der Waals surface area contributed by atoms with Gasteiger partial charge in [-0.3, -0.25) is 9.78 Å². The van der Waals surface area contributed by atoms with Gasteiger partial charge in [0.05, 0.1) is 17.4 Å². The number of nitrogens with one attached hydrogen (secondary N) is 3. The number of nitrogen functional groups attached to an aromatic ring is 1. The molecule has 0 atom stereocenters. The number of anilines is 6. The fraction of sp³-hybridized carbons (Fsp3) is 0.0385. The molecule has 0 unspecified atom stereocenters. The summed E-state index contributed by atoms with van der Waals surface area (Å²) in [6, 6.07) is 22.4. The van der Waals surface area contributed by atoms with Gasteiger partial charge in [0.1, 0.15) is 11.6 Å². The first kappa shape index (κ1) is 27.1. The predicted molar refractivity (Wildman–Crippen MR) is 153 cm³/mol. The minimum atomic E-state index is -0.252. The van der Waals surface area contributed by atoms with Crippen molar-refractivity contribution in [2.75, 3.05) is 21.7 Å². The Morgan fingerprint density at radius 1 is 0.811 bits per heavy atom. The Balaban J connectivity index is 0.00000190. The molecule has 5 rings (SSSR count). The lowest BCUT2D eigenvalue weighted by molar-refractivity contribution is 0.102. The maximum Gasteiger partial charge on any atom is 0.256 e. The Morgan fingerprint density at radius 2 is 1.57 bits per heavy atom. The highest BCUT2D eigenvalue weighted by atomic mass is 35.5. The first-order valence-corrected chi connectivity index (χ1v) is 10.9. The zero-order valence-corrected chi connectivity index (χ0v) is 21.3. The number of amides is 1. The molecule has 0 aliphatic carbocycles. The van der Waals surface area contributed by atoms with Crippen LogP contribution in [0, 0.1) is 6.92 Å². The summed E-state index contributed by atoms with van der Waals surface area (Å²) in [4.78, 5) is 29.5. The van der Waals surface area contributed by atoms with E-state index in [1.165, 1.54) is 0 Å². The summed E-state index contributed by atoms with van der Waals surface area (Å²) in [6.45, 7) is 1.84. The molecule has 1 amide bonds. The van der Waals surface area contributed by atoms with Crippen molar-refractivity contribution in [1.82, 2.24) is 19.9 Å². The molecule has 5 aromatic rings. The smallest absolute Gasteiger partial charge is 0.256 e. The fourth-order valence-corrected chi connectivity index (χ4v) is 3.60. The highest BCUT2D eigenvalue weighted by Crippen LogP contribution is 2.25. The van der Waals surface area contributed by atoms with Gasteiger partial charge >= 0.3 is 0 Å². The number of carbonyl (C=O) groups is 1. The lowest BCUT2D eigenvalue weighted by Gasteiger charge is -2.10. The number of para-hydroxylation sites is 1. The van der Waals surface area contributed by atoms with Crippen molar-refractivity contribution in [3.05, 3.63) is 96.4 Å². The quantitative estimate of drug-likeness (QED) is 0.212. The van der Waals surface area contributed by atoms with Crippen LogP contribution in [0.15, 0.2) is 85.2 Å². The highest BCUT2D eigenvalue weighted by molar-refractivity contribution is 6.04. The number of rotatable bonds is 6. The van der Waals surface area contributed by atoms with Crippen molar-refractivity contribution in [3.8, 4) is 0 Å². The van der Waals surface area contributed by atoms with Gasteiger partial charge in [-0.1, -0.05) is 18.2 Å². The molecule has 0 fully saturated rings. The van der Waals surface area contributed by atoms with E-state index in [2.05, 4.69) is 35.9 Å². The molecule has 11 heteroatoms. The second kappa shape index (κ2) is 12.0. The molecule has 0 bridgehead atoms. The van der Waals surface area contributed by atoms with E-state index in [4.69, 9.17) is 5.73 Å². The Morgan fingerprint density at radius 3 is 2.30 bits per heavy atom. The normalized spacial score (nSPS) is 10.1. The van der Waals surface area contributed by atoms with Gasteiger partial charge in [0.15, 0.2) is 0 Å². The molecule has 3 heterocycles. The maximum absolute atomic E-state index is 12.7. The molecule has 0 saturated carbocycles. The number of carbonyl (C=O) groups excluding carboxylic acids is 1. The number of pyridine rings is 2. The molecular formula is C26H24Cl2N8O. The molecule has 0 radical (unpaired) electrons. The van der Waals surface area contributed by atoms with Gasteiger partial charge in [0.2, 0.25) is 5.95 Å². The predicted octanol–water partition coefficient (Wildman–Crippen LogP) is 5.89. The second-order valence-corrected chi connectivity index (χ2v) is 7.84. The summed E-state index contributed by atoms with van der Waals surface area (Å²) in [7, 11) is 0. The van der Waals surface area contributed by atoms with Gasteiger partial charge < -0.3 is 21.7 Å². The van der Waals surface area contributed by atoms with Crippen LogP contribution in [0.4, 0.5) is 34.6 Å². The van der Waals surface area contributed by atoms with E-state index in [1.54, 1.807) is 42.7 Å². The average molecular weight is 535 g/mol. The standard InChI is InChI=1S/C26H22N8O.2ClH/c1-16-14-24(34-26(27)30-16)32-19-10-11-23(29-15-19)33-25(35)17-6-8-18(9-7-17)31-22-12-13-28-21-5-3-2-4-20(21)22;;/h2-15H,1H3,(H,28,31)(H,29,33,35)(H3,27,30,32,34);2*1H. The summed E-state index contributed by atoms with van der Waals surface area (Å²) in [6.07, 6.45) is 3.37. The Labute approximate surface area is 225 Å². The zero-order valence-electron chi connectivity index (χ0n) is 19.7. The molecule has 3 aromatic heterocycles. The first-order valence-electron chi connectivity index (χ1n) is 10.9. The monoisotopic (exact) mass is 534 g/mol. The van der Waals surface area contributed by atoms with Crippen LogP contribution in [0.25, 0.3) is 10.9 Å². The van der Waals surface area contributed by atoms with Crippen LogP contribution in [-0.4, -0.2) is 25.8 Å². The van der Waals surface area contributed by atoms with Gasteiger partial charge in [-0.2, -0.15) is 4.98 Å². The summed E-state index contributed by atoms with van der Waals surface area (Å²) in [5.74, 6) is 0.949. The van der Waals surface area contributed by atoms with Crippen LogP contribution in [0.5, 0.6) is 0 Å². The van der Waals surface area contributed by atoms with Crippen molar-refractivity contribution in [2.45, 2.75) is 6.92 Å². The van der Waals surface area contributed by atoms with Gasteiger partial charge in [-0.25, -0.2) is 9.97 Å². The largest absolute Gasteiger partial charge is 0.368 e. The zero-order chi connectivity index (χ0) is 24.2. The number of aryl methyl sites for hydroxylation is 1. The van der Waals surface area contributed by atoms with Crippen molar-refractivity contribution < 1.29 is 4.79 Å². The van der Waals surface area contributed by atoms with Gasteiger partial charge in [0, 0.05) is 40.3 Å². The van der Waals surface area contributed by atoms with Crippen molar-refractivity contribution in [2.24, 2.45) is 0 Å². The molecule has 5 N–H and O–H groups in total. The van der Waals surface area contributed by atoms with Gasteiger partial charge in [0.25, 0.3) is 5.91 Å². The van der Waals surface area contributed by atoms with Crippen LogP contribution in [-0.2, 0) is 0 Å². The number of aromatic nitrogens is 4. The number of benzene rings is 2. The Bertz CT molecular complexity index is 1490. The maximum atomic E-state index is 12.7. The topological polar surface area (TPSA) is 131 Å². The van der Waals surface area contributed by atoms with Gasteiger partial charge in [-0.05, 0) is 55.5 Å². The van der Waals surface area contributed by atoms with E-state index >= 15 is 0 Å². The SMILES string of the molecule is Cc1cc(Nc2ccc(NC(=O)c3ccc(Nc4ccnc5ccccc45)cc3)nc2)nc(N)n1.Cl.Cl. The number of halogens is 2. The second-order valence-electron chi connectivity index (χ2n) is 7.84. The average Bonchev–Trinajstić information content (AvgIpc) is 2.85. The van der Waals surface area contributed by atoms with Gasteiger partial charge in [-0.15, -0.1) is 24.8 Å². The molecular weight excluding hydrogens is 511 g/mol. The number of nitrogens with two attached hydrogens (primary N) is 1. The third kappa shape index (κ3) is 6.60. The molecule has 0 spiro atoms. The van der Waals surface area contributed by atoms with Crippen LogP contribution < -0.4 is 21.7 Å². The van der Waals surface area contributed by atoms with E-state index in [1.807, 2.05) is 49.4 Å². The van der Waals surface area contributed by atoms with Crippen LogP contribution in [0.2, 0.25) is 0 Å². The lowest BCUT2D eigenvalue weighted by Crippen LogP contribution is -2.13. The third-order valence-electron chi connectivity index (χ3n) is 5.22. The Kier molecular flexibility index (Phi) is 8.78. The molecule has 37 heavy (non-hydrogen) atoms. The first-order chi connectivity index (χ1) is 17.0. The van der Waals surface area contributed by atoms with Crippen molar-refractivity contribution in [3.63, 3.8) is 0 Å². The highest BCUT2D eigenvalue weighted by Gasteiger charge is 2.08. The number of nitrogens with zero attached hydrogens (tertiary/aromatic N) is 4. The summed E-state index contributed by atoms with van der Waals surface area (Å²) < 4.78 is 0. The lowest BCUT2D eigenvalue weighted by atomic mass is 10.1. The van der Waals surface area contributed by atoms with Crippen molar-refractivity contribution in [1.29, 1.82) is 0 Å². The van der Waals surface area contributed by atoms with E-state index in [0.717, 1.165) is 28.0 Å². The van der Waals surface area contributed by atoms with E-state index in [9.17, 15) is 4.79 Å². The number of fused-ring (bicyclic) bond motifs is 1. The molecule has 188 valence electrons. The molecule has 0 saturated heterocycles. The summed E-state index contributed by atoms with van der Waals surface area (Å²) in [5, 5.41) is 10.3. The molecule has 0 aliphatic rings. The van der Waals surface area contributed by atoms with E-state index in [-0.39, 0.29) is 36.7 Å². The number of hydrogen-bond acceptors (Lipinski definition) is 8. The number of hydrogen-bond donors (Lipinski definition) is 4. The molecule has 2 aromatic carbocycles. The van der Waals surface area contributed by atoms with Crippen molar-refractivity contribution >= 4 is 76.3 Å². The third-order valence-corrected chi connectivity index (χ3v) is 5.22.